The molecule has 0 saturated carbocycles. The van der Waals surface area contributed by atoms with E-state index >= 15 is 0 Å². The van der Waals surface area contributed by atoms with Crippen LogP contribution in [-0.4, -0.2) is 17.0 Å². The number of ether oxygens (including phenoxy) is 1. The molecule has 1 aromatic heterocycles. The van der Waals surface area contributed by atoms with Crippen LogP contribution in [0, 0.1) is 0 Å². The number of amides is 1. The quantitative estimate of drug-likeness (QED) is 0.829. The third-order valence-electron chi connectivity index (χ3n) is 2.91. The SMILES string of the molecule is CC(Oc1ccc(Cl)cc1Cl)C(=O)Nc1ccc(C(F)(F)F)cn1. The number of alkyl halides is 3. The molecule has 24 heavy (non-hydrogen) atoms. The first-order valence-electron chi connectivity index (χ1n) is 6.62. The third kappa shape index (κ3) is 4.75. The van der Waals surface area contributed by atoms with Gasteiger partial charge in [-0.05, 0) is 37.3 Å². The van der Waals surface area contributed by atoms with E-state index in [0.29, 0.717) is 11.2 Å². The lowest BCUT2D eigenvalue weighted by Gasteiger charge is -2.15. The van der Waals surface area contributed by atoms with Crippen LogP contribution >= 0.6 is 23.2 Å². The summed E-state index contributed by atoms with van der Waals surface area (Å²) in [6.07, 6.45) is -4.80. The number of carbonyl (C=O) groups excluding carboxylic acids is 1. The van der Waals surface area contributed by atoms with Crippen LogP contribution in [0.3, 0.4) is 0 Å². The Balaban J connectivity index is 2.01. The molecule has 1 heterocycles. The topological polar surface area (TPSA) is 51.2 Å². The third-order valence-corrected chi connectivity index (χ3v) is 3.44. The van der Waals surface area contributed by atoms with Crippen LogP contribution in [-0.2, 0) is 11.0 Å². The van der Waals surface area contributed by atoms with E-state index in [1.165, 1.54) is 19.1 Å². The summed E-state index contributed by atoms with van der Waals surface area (Å²) in [6.45, 7) is 1.46. The van der Waals surface area contributed by atoms with Gasteiger partial charge in [-0.2, -0.15) is 13.2 Å². The minimum absolute atomic E-state index is 0.0225. The van der Waals surface area contributed by atoms with Crippen LogP contribution in [0.4, 0.5) is 19.0 Å². The molecule has 2 rings (SSSR count). The number of nitrogens with one attached hydrogen (secondary N) is 1. The zero-order chi connectivity index (χ0) is 17.9. The van der Waals surface area contributed by atoms with E-state index in [1.54, 1.807) is 6.07 Å². The molecule has 0 aliphatic rings. The Bertz CT molecular complexity index is 736. The second-order valence-corrected chi connectivity index (χ2v) is 5.60. The van der Waals surface area contributed by atoms with Gasteiger partial charge in [0.05, 0.1) is 10.6 Å². The Morgan fingerprint density at radius 1 is 1.25 bits per heavy atom. The minimum Gasteiger partial charge on any atom is -0.479 e. The molecular formula is C15H11Cl2F3N2O2. The summed E-state index contributed by atoms with van der Waals surface area (Å²) in [4.78, 5) is 15.6. The molecular weight excluding hydrogens is 368 g/mol. The minimum atomic E-state index is -4.49. The summed E-state index contributed by atoms with van der Waals surface area (Å²) in [7, 11) is 0. The average Bonchev–Trinajstić information content (AvgIpc) is 2.49. The molecule has 1 amide bonds. The van der Waals surface area contributed by atoms with Crippen LogP contribution in [0.5, 0.6) is 5.75 Å². The highest BCUT2D eigenvalue weighted by Crippen LogP contribution is 2.29. The van der Waals surface area contributed by atoms with Crippen molar-refractivity contribution in [2.45, 2.75) is 19.2 Å². The monoisotopic (exact) mass is 378 g/mol. The van der Waals surface area contributed by atoms with Gasteiger partial charge in [0.2, 0.25) is 0 Å². The van der Waals surface area contributed by atoms with Crippen LogP contribution in [0.15, 0.2) is 36.5 Å². The summed E-state index contributed by atoms with van der Waals surface area (Å²) in [5.74, 6) is -0.358. The highest BCUT2D eigenvalue weighted by atomic mass is 35.5. The fourth-order valence-electron chi connectivity index (χ4n) is 1.68. The van der Waals surface area contributed by atoms with Gasteiger partial charge in [-0.25, -0.2) is 4.98 Å². The number of carbonyl (C=O) groups is 1. The average molecular weight is 379 g/mol. The first-order chi connectivity index (χ1) is 11.2. The van der Waals surface area contributed by atoms with Gasteiger partial charge in [-0.3, -0.25) is 4.79 Å². The molecule has 0 radical (unpaired) electrons. The zero-order valence-electron chi connectivity index (χ0n) is 12.2. The molecule has 9 heteroatoms. The van der Waals surface area contributed by atoms with Crippen LogP contribution in [0.25, 0.3) is 0 Å². The van der Waals surface area contributed by atoms with E-state index in [0.717, 1.165) is 12.1 Å². The van der Waals surface area contributed by atoms with Crippen molar-refractivity contribution < 1.29 is 22.7 Å². The first kappa shape index (κ1) is 18.4. The number of aromatic nitrogens is 1. The number of hydrogen-bond donors (Lipinski definition) is 1. The fourth-order valence-corrected chi connectivity index (χ4v) is 2.13. The van der Waals surface area contributed by atoms with Gasteiger partial charge in [0.15, 0.2) is 6.10 Å². The van der Waals surface area contributed by atoms with Crippen LogP contribution in [0.2, 0.25) is 10.0 Å². The van der Waals surface area contributed by atoms with Gasteiger partial charge >= 0.3 is 6.18 Å². The Morgan fingerprint density at radius 3 is 2.50 bits per heavy atom. The lowest BCUT2D eigenvalue weighted by molar-refractivity contribution is -0.137. The molecule has 0 fully saturated rings. The highest BCUT2D eigenvalue weighted by Gasteiger charge is 2.30. The lowest BCUT2D eigenvalue weighted by atomic mass is 10.2. The molecule has 0 saturated heterocycles. The van der Waals surface area contributed by atoms with Crippen molar-refractivity contribution in [3.8, 4) is 5.75 Å². The van der Waals surface area contributed by atoms with E-state index in [9.17, 15) is 18.0 Å². The molecule has 4 nitrogen and oxygen atoms in total. The summed E-state index contributed by atoms with van der Waals surface area (Å²) < 4.78 is 42.8. The number of benzene rings is 1. The van der Waals surface area contributed by atoms with Crippen molar-refractivity contribution in [3.63, 3.8) is 0 Å². The number of pyridine rings is 1. The number of hydrogen-bond acceptors (Lipinski definition) is 3. The maximum absolute atomic E-state index is 12.4. The number of rotatable bonds is 4. The van der Waals surface area contributed by atoms with Gasteiger partial charge in [0.25, 0.3) is 5.91 Å². The smallest absolute Gasteiger partial charge is 0.417 e. The molecule has 2 aromatic rings. The normalized spacial score (nSPS) is 12.6. The van der Waals surface area contributed by atoms with Gasteiger partial charge in [0.1, 0.15) is 11.6 Å². The van der Waals surface area contributed by atoms with Crippen molar-refractivity contribution >= 4 is 34.9 Å². The zero-order valence-corrected chi connectivity index (χ0v) is 13.7. The Labute approximate surface area is 145 Å². The molecule has 1 aromatic carbocycles. The molecule has 0 spiro atoms. The number of halogens is 5. The van der Waals surface area contributed by atoms with Gasteiger partial charge in [-0.15, -0.1) is 0 Å². The van der Waals surface area contributed by atoms with Crippen molar-refractivity contribution in [1.29, 1.82) is 0 Å². The van der Waals surface area contributed by atoms with Crippen molar-refractivity contribution in [2.24, 2.45) is 0 Å². The number of nitrogens with zero attached hydrogens (tertiary/aromatic N) is 1. The molecule has 1 atom stereocenters. The van der Waals surface area contributed by atoms with E-state index < -0.39 is 23.8 Å². The van der Waals surface area contributed by atoms with Crippen molar-refractivity contribution in [2.75, 3.05) is 5.32 Å². The summed E-state index contributed by atoms with van der Waals surface area (Å²) in [5, 5.41) is 3.01. The van der Waals surface area contributed by atoms with Crippen LogP contribution in [0.1, 0.15) is 12.5 Å². The van der Waals surface area contributed by atoms with E-state index in [1.807, 2.05) is 0 Å². The summed E-state index contributed by atoms with van der Waals surface area (Å²) in [5.41, 5.74) is -0.905. The summed E-state index contributed by atoms with van der Waals surface area (Å²) >= 11 is 11.7. The predicted octanol–water partition coefficient (Wildman–Crippen LogP) is 4.81. The second-order valence-electron chi connectivity index (χ2n) is 4.75. The standard InChI is InChI=1S/C15H11Cl2F3N2O2/c1-8(24-12-4-3-10(16)6-11(12)17)14(23)22-13-5-2-9(7-21-13)15(18,19)20/h2-8H,1H3,(H,21,22,23). The Hall–Kier alpha value is -1.99. The predicted molar refractivity (Wildman–Crippen MR) is 84.4 cm³/mol. The molecule has 1 unspecified atom stereocenters. The first-order valence-corrected chi connectivity index (χ1v) is 7.38. The van der Waals surface area contributed by atoms with Crippen LogP contribution < -0.4 is 10.1 Å². The molecule has 0 aliphatic heterocycles. The molecule has 1 N–H and O–H groups in total. The molecule has 0 bridgehead atoms. The van der Waals surface area contributed by atoms with Gasteiger partial charge in [0, 0.05) is 11.2 Å². The van der Waals surface area contributed by atoms with Crippen molar-refractivity contribution in [1.82, 2.24) is 4.98 Å². The maximum Gasteiger partial charge on any atom is 0.417 e. The van der Waals surface area contributed by atoms with E-state index in [2.05, 4.69) is 10.3 Å². The largest absolute Gasteiger partial charge is 0.479 e. The highest BCUT2D eigenvalue weighted by molar-refractivity contribution is 6.35. The Kier molecular flexibility index (Phi) is 5.56. The van der Waals surface area contributed by atoms with Gasteiger partial charge < -0.3 is 10.1 Å². The summed E-state index contributed by atoms with van der Waals surface area (Å²) in [6, 6.07) is 6.39. The second kappa shape index (κ2) is 7.27. The molecule has 128 valence electrons. The van der Waals surface area contributed by atoms with E-state index in [-0.39, 0.29) is 16.6 Å². The van der Waals surface area contributed by atoms with Crippen molar-refractivity contribution in [3.05, 3.63) is 52.1 Å². The van der Waals surface area contributed by atoms with Gasteiger partial charge in [-0.1, -0.05) is 23.2 Å². The maximum atomic E-state index is 12.4. The fraction of sp³-hybridized carbons (Fsp3) is 0.200. The van der Waals surface area contributed by atoms with E-state index in [4.69, 9.17) is 27.9 Å². The number of anilines is 1. The lowest BCUT2D eigenvalue weighted by Crippen LogP contribution is -2.30. The molecule has 0 aliphatic carbocycles. The Morgan fingerprint density at radius 2 is 1.96 bits per heavy atom.